The molecule has 0 saturated carbocycles. The molecule has 0 spiro atoms. The Morgan fingerprint density at radius 1 is 0.793 bits per heavy atom. The zero-order valence-electron chi connectivity index (χ0n) is 15.5. The summed E-state index contributed by atoms with van der Waals surface area (Å²) in [6, 6.07) is 21.9. The van der Waals surface area contributed by atoms with E-state index < -0.39 is 17.7 Å². The van der Waals surface area contributed by atoms with Gasteiger partial charge in [-0.2, -0.15) is 0 Å². The first-order valence-corrected chi connectivity index (χ1v) is 10.0. The third kappa shape index (κ3) is 4.73. The Morgan fingerprint density at radius 2 is 1.41 bits per heavy atom. The van der Waals surface area contributed by atoms with Crippen LogP contribution in [0.5, 0.6) is 0 Å². The van der Waals surface area contributed by atoms with Gasteiger partial charge in [0.2, 0.25) is 0 Å². The van der Waals surface area contributed by atoms with E-state index >= 15 is 0 Å². The van der Waals surface area contributed by atoms with Crippen molar-refractivity contribution in [2.24, 2.45) is 11.5 Å². The number of nitrogens with one attached hydrogen (secondary N) is 1. The minimum atomic E-state index is -1.22. The molecule has 1 unspecified atom stereocenters. The Bertz CT molecular complexity index is 1050. The van der Waals surface area contributed by atoms with E-state index in [0.717, 1.165) is 21.2 Å². The van der Waals surface area contributed by atoms with Gasteiger partial charge in [0.05, 0.1) is 0 Å². The predicted octanol–water partition coefficient (Wildman–Crippen LogP) is 0.919. The molecular weight excluding hydrogens is 429 g/mol. The summed E-state index contributed by atoms with van der Waals surface area (Å²) < 4.78 is 0.990. The number of hydrogen-bond acceptors (Lipinski definition) is 3. The Morgan fingerprint density at radius 3 is 2.00 bits per heavy atom. The van der Waals surface area contributed by atoms with Crippen molar-refractivity contribution in [2.45, 2.75) is 5.92 Å². The number of carbonyl (C=O) groups is 3. The van der Waals surface area contributed by atoms with Crippen LogP contribution >= 0.6 is 0 Å². The van der Waals surface area contributed by atoms with Crippen molar-refractivity contribution in [2.75, 3.05) is 5.32 Å². The fourth-order valence-electron chi connectivity index (χ4n) is 2.96. The summed E-state index contributed by atoms with van der Waals surface area (Å²) in [7, 11) is 0. The summed E-state index contributed by atoms with van der Waals surface area (Å²) in [5.41, 5.74) is 14.0. The fraction of sp³-hybridized carbons (Fsp3) is 0.0455. The van der Waals surface area contributed by atoms with Crippen LogP contribution < -0.4 is 21.1 Å². The molecule has 0 aliphatic heterocycles. The molecular formula is C22H20AsN3O3. The molecule has 0 aromatic heterocycles. The van der Waals surface area contributed by atoms with Crippen LogP contribution in [0.15, 0.2) is 72.8 Å². The van der Waals surface area contributed by atoms with E-state index in [1.54, 1.807) is 0 Å². The van der Waals surface area contributed by atoms with Crippen molar-refractivity contribution < 1.29 is 14.4 Å². The second kappa shape index (κ2) is 8.76. The van der Waals surface area contributed by atoms with Gasteiger partial charge < -0.3 is 0 Å². The molecule has 1 atom stereocenters. The molecule has 0 aliphatic carbocycles. The van der Waals surface area contributed by atoms with E-state index in [4.69, 9.17) is 11.5 Å². The number of anilines is 1. The molecule has 6 nitrogen and oxygen atoms in total. The van der Waals surface area contributed by atoms with Gasteiger partial charge in [0, 0.05) is 0 Å². The van der Waals surface area contributed by atoms with Crippen molar-refractivity contribution in [3.8, 4) is 11.1 Å². The standard InChI is InChI=1S/C22H20AsN3O3/c23-17-11-10-16(13-4-2-1-3-5-13)12-18(17)26-22(29)15-8-6-14(7-9-15)19(20(24)27)21(25)28/h1-12,19H,23H2,(H2,24,27)(H2,25,28)(H,26,29). The molecule has 0 bridgehead atoms. The second-order valence-corrected chi connectivity index (χ2v) is 7.79. The Labute approximate surface area is 176 Å². The van der Waals surface area contributed by atoms with Gasteiger partial charge in [-0.25, -0.2) is 0 Å². The number of primary amides is 2. The van der Waals surface area contributed by atoms with Gasteiger partial charge in [-0.1, -0.05) is 0 Å². The molecule has 0 fully saturated rings. The zero-order chi connectivity index (χ0) is 21.0. The first-order valence-electron chi connectivity index (χ1n) is 8.81. The monoisotopic (exact) mass is 449 g/mol. The van der Waals surface area contributed by atoms with Crippen LogP contribution in [0.4, 0.5) is 5.69 Å². The van der Waals surface area contributed by atoms with E-state index in [1.165, 1.54) is 41.1 Å². The van der Waals surface area contributed by atoms with Crippen molar-refractivity contribution in [3.05, 3.63) is 83.9 Å². The van der Waals surface area contributed by atoms with Crippen molar-refractivity contribution in [1.29, 1.82) is 0 Å². The molecule has 3 amide bonds. The zero-order valence-corrected chi connectivity index (χ0v) is 17.9. The molecule has 146 valence electrons. The fourth-order valence-corrected chi connectivity index (χ4v) is 3.49. The molecule has 3 aromatic carbocycles. The normalized spacial score (nSPS) is 10.6. The van der Waals surface area contributed by atoms with Crippen molar-refractivity contribution in [1.82, 2.24) is 0 Å². The van der Waals surface area contributed by atoms with Gasteiger partial charge >= 0.3 is 177 Å². The molecule has 0 saturated heterocycles. The predicted molar refractivity (Wildman–Crippen MR) is 116 cm³/mol. The van der Waals surface area contributed by atoms with Crippen LogP contribution in [-0.2, 0) is 9.59 Å². The average Bonchev–Trinajstić information content (AvgIpc) is 2.70. The van der Waals surface area contributed by atoms with Gasteiger partial charge in [-0.3, -0.25) is 0 Å². The first kappa shape index (κ1) is 20.4. The van der Waals surface area contributed by atoms with Crippen LogP contribution in [-0.4, -0.2) is 34.6 Å². The van der Waals surface area contributed by atoms with E-state index in [1.807, 2.05) is 48.5 Å². The Hall–Kier alpha value is -3.37. The Balaban J connectivity index is 1.82. The minimum absolute atomic E-state index is 0.296. The van der Waals surface area contributed by atoms with Crippen molar-refractivity contribution >= 4 is 44.6 Å². The van der Waals surface area contributed by atoms with Crippen LogP contribution in [0.3, 0.4) is 0 Å². The molecule has 0 radical (unpaired) electrons. The molecule has 3 rings (SSSR count). The van der Waals surface area contributed by atoms with Gasteiger partial charge in [0.1, 0.15) is 0 Å². The number of rotatable bonds is 6. The molecule has 0 aliphatic rings. The van der Waals surface area contributed by atoms with E-state index in [-0.39, 0.29) is 5.91 Å². The van der Waals surface area contributed by atoms with E-state index in [0.29, 0.717) is 11.1 Å². The van der Waals surface area contributed by atoms with Gasteiger partial charge in [0.15, 0.2) is 0 Å². The van der Waals surface area contributed by atoms with Gasteiger partial charge in [-0.15, -0.1) is 0 Å². The number of hydrogen-bond donors (Lipinski definition) is 3. The first-order chi connectivity index (χ1) is 13.9. The van der Waals surface area contributed by atoms with Crippen LogP contribution in [0.25, 0.3) is 11.1 Å². The van der Waals surface area contributed by atoms with Crippen molar-refractivity contribution in [3.63, 3.8) is 0 Å². The second-order valence-electron chi connectivity index (χ2n) is 6.48. The average molecular weight is 449 g/mol. The summed E-state index contributed by atoms with van der Waals surface area (Å²) >= 11 is 1.40. The summed E-state index contributed by atoms with van der Waals surface area (Å²) in [5, 5.41) is 2.92. The van der Waals surface area contributed by atoms with Crippen LogP contribution in [0.1, 0.15) is 21.8 Å². The van der Waals surface area contributed by atoms with Gasteiger partial charge in [0.25, 0.3) is 0 Å². The Kier molecular flexibility index (Phi) is 6.15. The number of benzene rings is 3. The SMILES string of the molecule is NC(=O)C(C(N)=O)c1ccc(C(=O)Nc2cc(-c3ccccc3)ccc2[AsH2])cc1. The van der Waals surface area contributed by atoms with E-state index in [9.17, 15) is 14.4 Å². The molecule has 7 heteroatoms. The third-order valence-electron chi connectivity index (χ3n) is 4.48. The summed E-state index contributed by atoms with van der Waals surface area (Å²) in [4.78, 5) is 35.5. The molecule has 29 heavy (non-hydrogen) atoms. The quantitative estimate of drug-likeness (QED) is 0.384. The summed E-state index contributed by atoms with van der Waals surface area (Å²) in [5.74, 6) is -3.18. The summed E-state index contributed by atoms with van der Waals surface area (Å²) in [6.07, 6.45) is 0. The number of amides is 3. The van der Waals surface area contributed by atoms with Crippen LogP contribution in [0, 0.1) is 0 Å². The molecule has 5 N–H and O–H groups in total. The van der Waals surface area contributed by atoms with Crippen LogP contribution in [0.2, 0.25) is 0 Å². The van der Waals surface area contributed by atoms with Gasteiger partial charge in [-0.05, 0) is 0 Å². The maximum atomic E-state index is 12.7. The molecule has 3 aromatic rings. The summed E-state index contributed by atoms with van der Waals surface area (Å²) in [6.45, 7) is 0. The number of nitrogens with two attached hydrogens (primary N) is 2. The molecule has 0 heterocycles. The maximum absolute atomic E-state index is 12.7. The topological polar surface area (TPSA) is 115 Å². The van der Waals surface area contributed by atoms with E-state index in [2.05, 4.69) is 5.32 Å². The number of carbonyl (C=O) groups excluding carboxylic acids is 3. The third-order valence-corrected chi connectivity index (χ3v) is 5.54.